The highest BCUT2D eigenvalue weighted by Gasteiger charge is 2.21. The number of rotatable bonds is 4. The number of hydrogen-bond donors (Lipinski definition) is 2. The maximum absolute atomic E-state index is 9.60. The first kappa shape index (κ1) is 15.6. The van der Waals surface area contributed by atoms with Crippen molar-refractivity contribution in [2.75, 3.05) is 10.6 Å². The summed E-state index contributed by atoms with van der Waals surface area (Å²) in [6, 6.07) is 15.2. The maximum atomic E-state index is 9.60. The molecule has 126 valence electrons. The van der Waals surface area contributed by atoms with E-state index in [1.54, 1.807) is 24.7 Å². The van der Waals surface area contributed by atoms with Gasteiger partial charge >= 0.3 is 0 Å². The van der Waals surface area contributed by atoms with E-state index in [0.717, 1.165) is 11.3 Å². The molecule has 0 saturated carbocycles. The van der Waals surface area contributed by atoms with E-state index in [1.807, 2.05) is 36.4 Å². The first-order valence-corrected chi connectivity index (χ1v) is 7.98. The largest absolute Gasteiger partial charge is 0.437 e. The number of nitrogens with one attached hydrogen (secondary N) is 2. The molecule has 0 bridgehead atoms. The fourth-order valence-electron chi connectivity index (χ4n) is 2.52. The summed E-state index contributed by atoms with van der Waals surface area (Å²) < 4.78 is 5.74. The Morgan fingerprint density at radius 1 is 1.15 bits per heavy atom. The summed E-state index contributed by atoms with van der Waals surface area (Å²) in [6.07, 6.45) is 5.10. The molecular weight excluding hydrogens is 328 g/mol. The van der Waals surface area contributed by atoms with E-state index in [0.29, 0.717) is 35.4 Å². The predicted octanol–water partition coefficient (Wildman–Crippen LogP) is 3.18. The number of anilines is 2. The summed E-state index contributed by atoms with van der Waals surface area (Å²) in [4.78, 5) is 12.7. The first-order chi connectivity index (χ1) is 12.8. The van der Waals surface area contributed by atoms with E-state index in [9.17, 15) is 5.26 Å². The van der Waals surface area contributed by atoms with Crippen LogP contribution >= 0.6 is 0 Å². The molecule has 0 radical (unpaired) electrons. The summed E-state index contributed by atoms with van der Waals surface area (Å²) in [7, 11) is 0. The van der Waals surface area contributed by atoms with E-state index in [2.05, 4.69) is 31.7 Å². The average Bonchev–Trinajstić information content (AvgIpc) is 3.12. The number of pyridine rings is 1. The molecule has 7 heteroatoms. The van der Waals surface area contributed by atoms with E-state index in [4.69, 9.17) is 4.74 Å². The zero-order valence-corrected chi connectivity index (χ0v) is 13.7. The zero-order chi connectivity index (χ0) is 17.8. The van der Waals surface area contributed by atoms with Gasteiger partial charge in [-0.2, -0.15) is 5.26 Å². The zero-order valence-electron chi connectivity index (χ0n) is 13.7. The van der Waals surface area contributed by atoms with Crippen molar-refractivity contribution in [1.29, 1.82) is 5.26 Å². The van der Waals surface area contributed by atoms with Crippen molar-refractivity contribution in [1.82, 2.24) is 15.0 Å². The van der Waals surface area contributed by atoms with Crippen LogP contribution in [0.25, 0.3) is 5.57 Å². The van der Waals surface area contributed by atoms with Crippen molar-refractivity contribution < 1.29 is 4.74 Å². The SMILES string of the molecule is N#CC(=C1Nc2ccccc2O1)c1ccnc(NCc2cccnc2)n1. The van der Waals surface area contributed by atoms with Crippen molar-refractivity contribution in [3.8, 4) is 11.8 Å². The molecule has 0 unspecified atom stereocenters. The molecule has 0 fully saturated rings. The third-order valence-corrected chi connectivity index (χ3v) is 3.77. The fraction of sp³-hybridized carbons (Fsp3) is 0.0526. The predicted molar refractivity (Wildman–Crippen MR) is 96.8 cm³/mol. The standard InChI is InChI=1S/C19H14N6O/c20-10-14(18-24-16-5-1-2-6-17(16)26-18)15-7-9-22-19(25-15)23-12-13-4-3-8-21-11-13/h1-9,11,24H,12H2,(H,22,23,25). The van der Waals surface area contributed by atoms with Crippen LogP contribution in [0.1, 0.15) is 11.3 Å². The highest BCUT2D eigenvalue weighted by molar-refractivity contribution is 5.81. The van der Waals surface area contributed by atoms with Gasteiger partial charge in [0, 0.05) is 25.1 Å². The van der Waals surface area contributed by atoms with Crippen molar-refractivity contribution in [3.05, 3.63) is 78.2 Å². The number of allylic oxidation sites excluding steroid dienone is 1. The minimum absolute atomic E-state index is 0.313. The quantitative estimate of drug-likeness (QED) is 0.703. The van der Waals surface area contributed by atoms with Gasteiger partial charge in [-0.15, -0.1) is 0 Å². The van der Waals surface area contributed by atoms with Crippen LogP contribution in [0.5, 0.6) is 5.75 Å². The Morgan fingerprint density at radius 3 is 2.88 bits per heavy atom. The number of nitrogens with zero attached hydrogens (tertiary/aromatic N) is 4. The van der Waals surface area contributed by atoms with Crippen LogP contribution in [0.3, 0.4) is 0 Å². The van der Waals surface area contributed by atoms with Crippen molar-refractivity contribution >= 4 is 17.2 Å². The smallest absolute Gasteiger partial charge is 0.223 e. The Labute approximate surface area is 150 Å². The minimum atomic E-state index is 0.313. The normalized spacial score (nSPS) is 13.8. The van der Waals surface area contributed by atoms with Gasteiger partial charge < -0.3 is 15.4 Å². The molecule has 3 heterocycles. The molecule has 2 N–H and O–H groups in total. The van der Waals surface area contributed by atoms with Crippen molar-refractivity contribution in [3.63, 3.8) is 0 Å². The summed E-state index contributed by atoms with van der Waals surface area (Å²) >= 11 is 0. The molecular formula is C19H14N6O. The van der Waals surface area contributed by atoms with Crippen LogP contribution in [-0.2, 0) is 6.54 Å². The van der Waals surface area contributed by atoms with Crippen LogP contribution in [-0.4, -0.2) is 15.0 Å². The lowest BCUT2D eigenvalue weighted by Crippen LogP contribution is -2.07. The van der Waals surface area contributed by atoms with E-state index in [-0.39, 0.29) is 0 Å². The van der Waals surface area contributed by atoms with Crippen LogP contribution in [0.15, 0.2) is 66.9 Å². The first-order valence-electron chi connectivity index (χ1n) is 7.98. The third kappa shape index (κ3) is 3.16. The molecule has 1 aliphatic heterocycles. The Bertz CT molecular complexity index is 983. The van der Waals surface area contributed by atoms with Crippen LogP contribution in [0.4, 0.5) is 11.6 Å². The van der Waals surface area contributed by atoms with Gasteiger partial charge in [0.1, 0.15) is 11.6 Å². The van der Waals surface area contributed by atoms with E-state index >= 15 is 0 Å². The van der Waals surface area contributed by atoms with Gasteiger partial charge in [-0.05, 0) is 29.8 Å². The lowest BCUT2D eigenvalue weighted by molar-refractivity contribution is 0.460. The highest BCUT2D eigenvalue weighted by Crippen LogP contribution is 2.35. The van der Waals surface area contributed by atoms with Gasteiger partial charge in [0.2, 0.25) is 11.8 Å². The lowest BCUT2D eigenvalue weighted by atomic mass is 10.2. The molecule has 3 aromatic rings. The van der Waals surface area contributed by atoms with Gasteiger partial charge in [0.25, 0.3) is 0 Å². The monoisotopic (exact) mass is 342 g/mol. The molecule has 4 rings (SSSR count). The molecule has 0 saturated heterocycles. The van der Waals surface area contributed by atoms with Gasteiger partial charge in [-0.25, -0.2) is 9.97 Å². The molecule has 7 nitrogen and oxygen atoms in total. The number of fused-ring (bicyclic) bond motifs is 1. The van der Waals surface area contributed by atoms with Crippen LogP contribution < -0.4 is 15.4 Å². The Kier molecular flexibility index (Phi) is 4.14. The van der Waals surface area contributed by atoms with Gasteiger partial charge in [-0.3, -0.25) is 4.98 Å². The van der Waals surface area contributed by atoms with Gasteiger partial charge in [0.05, 0.1) is 11.4 Å². The lowest BCUT2D eigenvalue weighted by Gasteiger charge is -2.07. The fourth-order valence-corrected chi connectivity index (χ4v) is 2.52. The minimum Gasteiger partial charge on any atom is -0.437 e. The molecule has 26 heavy (non-hydrogen) atoms. The molecule has 0 aliphatic carbocycles. The second-order valence-electron chi connectivity index (χ2n) is 5.52. The van der Waals surface area contributed by atoms with E-state index in [1.165, 1.54) is 0 Å². The summed E-state index contributed by atoms with van der Waals surface area (Å²) in [5, 5.41) is 15.8. The Hall–Kier alpha value is -3.92. The molecule has 1 aliphatic rings. The molecule has 0 atom stereocenters. The average molecular weight is 342 g/mol. The number of nitriles is 1. The van der Waals surface area contributed by atoms with Crippen LogP contribution in [0.2, 0.25) is 0 Å². The molecule has 0 amide bonds. The van der Waals surface area contributed by atoms with Gasteiger partial charge in [0.15, 0.2) is 5.75 Å². The maximum Gasteiger partial charge on any atom is 0.223 e. The number of benzene rings is 1. The summed E-state index contributed by atoms with van der Waals surface area (Å²) in [6.45, 7) is 0.538. The second kappa shape index (κ2) is 6.91. The molecule has 0 spiro atoms. The topological polar surface area (TPSA) is 95.8 Å². The summed E-state index contributed by atoms with van der Waals surface area (Å²) in [5.74, 6) is 1.47. The highest BCUT2D eigenvalue weighted by atomic mass is 16.5. The van der Waals surface area contributed by atoms with Gasteiger partial charge in [-0.1, -0.05) is 18.2 Å². The number of hydrogen-bond acceptors (Lipinski definition) is 7. The summed E-state index contributed by atoms with van der Waals surface area (Å²) in [5.41, 5.74) is 2.62. The van der Waals surface area contributed by atoms with Crippen molar-refractivity contribution in [2.24, 2.45) is 0 Å². The third-order valence-electron chi connectivity index (χ3n) is 3.77. The van der Waals surface area contributed by atoms with Crippen LogP contribution in [0, 0.1) is 11.3 Å². The Morgan fingerprint density at radius 2 is 2.08 bits per heavy atom. The second-order valence-corrected chi connectivity index (χ2v) is 5.52. The Balaban J connectivity index is 1.57. The number of aromatic nitrogens is 3. The van der Waals surface area contributed by atoms with E-state index < -0.39 is 0 Å². The number of ether oxygens (including phenoxy) is 1. The number of para-hydroxylation sites is 2. The molecule has 2 aromatic heterocycles. The molecule has 1 aromatic carbocycles. The van der Waals surface area contributed by atoms with Crippen molar-refractivity contribution in [2.45, 2.75) is 6.54 Å².